The molecule has 3 aromatic rings. The van der Waals surface area contributed by atoms with Crippen LogP contribution in [-0.4, -0.2) is 28.2 Å². The van der Waals surface area contributed by atoms with Gasteiger partial charge in [0.2, 0.25) is 0 Å². The van der Waals surface area contributed by atoms with Gasteiger partial charge in [0.15, 0.2) is 0 Å². The average molecular weight is 393 g/mol. The van der Waals surface area contributed by atoms with E-state index in [1.165, 1.54) is 0 Å². The zero-order valence-electron chi connectivity index (χ0n) is 16.8. The van der Waals surface area contributed by atoms with Gasteiger partial charge in [-0.15, -0.1) is 0 Å². The molecule has 0 saturated heterocycles. The zero-order chi connectivity index (χ0) is 21.1. The highest BCUT2D eigenvalue weighted by molar-refractivity contribution is 5.87. The van der Waals surface area contributed by atoms with E-state index in [9.17, 15) is 14.7 Å². The van der Waals surface area contributed by atoms with Gasteiger partial charge in [-0.1, -0.05) is 48.5 Å². The Morgan fingerprint density at radius 2 is 1.66 bits per heavy atom. The molecule has 29 heavy (non-hydrogen) atoms. The summed E-state index contributed by atoms with van der Waals surface area (Å²) in [5, 5.41) is 15.9. The number of aromatic amines is 1. The fraction of sp³-hybridized carbons (Fsp3) is 0.304. The Morgan fingerprint density at radius 3 is 2.31 bits per heavy atom. The number of aliphatic carboxylic acids is 1. The van der Waals surface area contributed by atoms with E-state index < -0.39 is 23.2 Å². The van der Waals surface area contributed by atoms with E-state index >= 15 is 0 Å². The fourth-order valence-electron chi connectivity index (χ4n) is 3.39. The second kappa shape index (κ2) is 7.99. The molecule has 0 radical (unpaired) electrons. The Hall–Kier alpha value is -3.28. The van der Waals surface area contributed by atoms with Gasteiger partial charge in [-0.2, -0.15) is 0 Å². The number of alkyl carbamates (subject to hydrolysis) is 1. The van der Waals surface area contributed by atoms with Crippen molar-refractivity contribution in [3.05, 3.63) is 71.9 Å². The van der Waals surface area contributed by atoms with E-state index in [4.69, 9.17) is 4.74 Å². The van der Waals surface area contributed by atoms with Gasteiger partial charge in [-0.25, -0.2) is 4.79 Å². The number of H-pyrrole nitrogens is 1. The van der Waals surface area contributed by atoms with Crippen molar-refractivity contribution in [2.24, 2.45) is 0 Å². The molecule has 3 rings (SSSR count). The number of carbonyl (C=O) groups is 2. The van der Waals surface area contributed by atoms with Crippen molar-refractivity contribution in [1.29, 1.82) is 0 Å². The summed E-state index contributed by atoms with van der Waals surface area (Å²) in [6, 6.07) is 16.8. The summed E-state index contributed by atoms with van der Waals surface area (Å²) in [6.45, 7) is 5.18. The van der Waals surface area contributed by atoms with Crippen LogP contribution in [0.25, 0.3) is 10.9 Å². The Kier molecular flexibility index (Phi) is 5.64. The summed E-state index contributed by atoms with van der Waals surface area (Å²) in [5.74, 6) is -1.36. The van der Waals surface area contributed by atoms with Crippen LogP contribution < -0.4 is 10.4 Å². The summed E-state index contributed by atoms with van der Waals surface area (Å²) in [6.07, 6.45) is 1.09. The molecule has 0 bridgehead atoms. The second-order valence-electron chi connectivity index (χ2n) is 8.20. The molecular formula is C23H25N2O4-. The molecule has 0 aliphatic heterocycles. The van der Waals surface area contributed by atoms with E-state index in [2.05, 4.69) is 10.3 Å². The van der Waals surface area contributed by atoms with Gasteiger partial charge in [-0.05, 0) is 38.0 Å². The lowest BCUT2D eigenvalue weighted by molar-refractivity contribution is -0.314. The Labute approximate surface area is 169 Å². The highest BCUT2D eigenvalue weighted by Gasteiger charge is 2.36. The van der Waals surface area contributed by atoms with Crippen LogP contribution in [0.3, 0.4) is 0 Å². The Balaban J connectivity index is 2.00. The predicted octanol–water partition coefficient (Wildman–Crippen LogP) is 2.97. The number of hydrogen-bond acceptors (Lipinski definition) is 4. The molecule has 0 aliphatic rings. The number of carboxylic acids is 1. The quantitative estimate of drug-likeness (QED) is 0.673. The third-order valence-electron chi connectivity index (χ3n) is 4.65. The average Bonchev–Trinajstić information content (AvgIpc) is 3.03. The molecule has 0 spiro atoms. The van der Waals surface area contributed by atoms with Crippen LogP contribution in [0.2, 0.25) is 0 Å². The summed E-state index contributed by atoms with van der Waals surface area (Å²) < 4.78 is 5.34. The van der Waals surface area contributed by atoms with Crippen LogP contribution in [0.5, 0.6) is 0 Å². The van der Waals surface area contributed by atoms with E-state index in [0.29, 0.717) is 0 Å². The van der Waals surface area contributed by atoms with Gasteiger partial charge in [-0.3, -0.25) is 0 Å². The molecule has 6 heteroatoms. The molecule has 1 atom stereocenters. The first-order valence-electron chi connectivity index (χ1n) is 9.50. The smallest absolute Gasteiger partial charge is 0.408 e. The van der Waals surface area contributed by atoms with Gasteiger partial charge in [0, 0.05) is 29.9 Å². The van der Waals surface area contributed by atoms with Crippen LogP contribution in [0.4, 0.5) is 4.79 Å². The van der Waals surface area contributed by atoms with Crippen molar-refractivity contribution < 1.29 is 19.4 Å². The fourth-order valence-corrected chi connectivity index (χ4v) is 3.39. The van der Waals surface area contributed by atoms with Gasteiger partial charge in [0.25, 0.3) is 0 Å². The maximum absolute atomic E-state index is 12.5. The molecule has 0 aliphatic carbocycles. The van der Waals surface area contributed by atoms with Crippen molar-refractivity contribution >= 4 is 23.0 Å². The first-order valence-corrected chi connectivity index (χ1v) is 9.50. The minimum absolute atomic E-state index is 0.0491. The van der Waals surface area contributed by atoms with Crippen LogP contribution >= 0.6 is 0 Å². The highest BCUT2D eigenvalue weighted by Crippen LogP contribution is 2.26. The first-order chi connectivity index (χ1) is 13.7. The monoisotopic (exact) mass is 393 g/mol. The molecule has 1 amide bonds. The minimum atomic E-state index is -1.67. The van der Waals surface area contributed by atoms with Crippen molar-refractivity contribution in [1.82, 2.24) is 10.3 Å². The number of para-hydroxylation sites is 1. The standard InChI is InChI=1S/C23H26N2O4/c1-22(2,3)29-21(28)25-23(20(26)27,13-16-9-5-4-6-10-16)14-17-15-24-19-12-8-7-11-18(17)19/h4-12,15,24H,13-14H2,1-3H3,(H,25,28)(H,26,27)/p-1. The largest absolute Gasteiger partial charge is 0.548 e. The van der Waals surface area contributed by atoms with Crippen LogP contribution in [0.1, 0.15) is 31.9 Å². The predicted molar refractivity (Wildman–Crippen MR) is 109 cm³/mol. The van der Waals surface area contributed by atoms with Crippen molar-refractivity contribution in [3.63, 3.8) is 0 Å². The number of carboxylic acid groups (broad SMARTS) is 1. The number of nitrogens with one attached hydrogen (secondary N) is 2. The van der Waals surface area contributed by atoms with E-state index in [1.54, 1.807) is 27.0 Å². The molecule has 1 aromatic heterocycles. The molecular weight excluding hydrogens is 368 g/mol. The summed E-state index contributed by atoms with van der Waals surface area (Å²) in [7, 11) is 0. The number of ether oxygens (including phenoxy) is 1. The maximum atomic E-state index is 12.5. The maximum Gasteiger partial charge on any atom is 0.408 e. The number of benzene rings is 2. The van der Waals surface area contributed by atoms with Crippen LogP contribution in [0, 0.1) is 0 Å². The van der Waals surface area contributed by atoms with Crippen molar-refractivity contribution in [3.8, 4) is 0 Å². The summed E-state index contributed by atoms with van der Waals surface area (Å²) in [5.41, 5.74) is 0.0142. The van der Waals surface area contributed by atoms with Gasteiger partial charge < -0.3 is 24.9 Å². The first kappa shape index (κ1) is 20.5. The van der Waals surface area contributed by atoms with Gasteiger partial charge >= 0.3 is 6.09 Å². The molecule has 152 valence electrons. The number of aromatic nitrogens is 1. The normalized spacial score (nSPS) is 13.6. The minimum Gasteiger partial charge on any atom is -0.548 e. The molecule has 0 saturated carbocycles. The zero-order valence-corrected chi connectivity index (χ0v) is 16.8. The number of rotatable bonds is 6. The second-order valence-corrected chi connectivity index (χ2v) is 8.20. The lowest BCUT2D eigenvalue weighted by Gasteiger charge is -2.36. The third kappa shape index (κ3) is 4.96. The number of fused-ring (bicyclic) bond motifs is 1. The van der Waals surface area contributed by atoms with Gasteiger partial charge in [0.1, 0.15) is 5.60 Å². The molecule has 2 aromatic carbocycles. The lowest BCUT2D eigenvalue weighted by atomic mass is 9.84. The lowest BCUT2D eigenvalue weighted by Crippen LogP contribution is -2.63. The molecule has 1 heterocycles. The van der Waals surface area contributed by atoms with Gasteiger partial charge in [0.05, 0.1) is 11.5 Å². The Bertz CT molecular complexity index is 1000. The van der Waals surface area contributed by atoms with E-state index in [0.717, 1.165) is 22.0 Å². The highest BCUT2D eigenvalue weighted by atomic mass is 16.6. The summed E-state index contributed by atoms with van der Waals surface area (Å²) >= 11 is 0. The van der Waals surface area contributed by atoms with E-state index in [-0.39, 0.29) is 12.8 Å². The third-order valence-corrected chi connectivity index (χ3v) is 4.65. The number of hydrogen-bond donors (Lipinski definition) is 2. The summed E-state index contributed by atoms with van der Waals surface area (Å²) in [4.78, 5) is 28.1. The van der Waals surface area contributed by atoms with Crippen LogP contribution in [0.15, 0.2) is 60.8 Å². The van der Waals surface area contributed by atoms with Crippen molar-refractivity contribution in [2.45, 2.75) is 44.8 Å². The molecule has 0 fully saturated rings. The van der Waals surface area contributed by atoms with E-state index in [1.807, 2.05) is 54.6 Å². The number of amides is 1. The Morgan fingerprint density at radius 1 is 1.00 bits per heavy atom. The molecule has 6 nitrogen and oxygen atoms in total. The molecule has 2 N–H and O–H groups in total. The van der Waals surface area contributed by atoms with Crippen LogP contribution in [-0.2, 0) is 22.4 Å². The van der Waals surface area contributed by atoms with Crippen molar-refractivity contribution in [2.75, 3.05) is 0 Å². The topological polar surface area (TPSA) is 94.2 Å². The molecule has 1 unspecified atom stereocenters. The SMILES string of the molecule is CC(C)(C)OC(=O)NC(Cc1ccccc1)(Cc1c[nH]c2ccccc12)C(=O)[O-]. The number of carbonyl (C=O) groups excluding carboxylic acids is 2.